The Morgan fingerprint density at radius 3 is 2.44 bits per heavy atom. The van der Waals surface area contributed by atoms with Crippen molar-refractivity contribution in [1.29, 1.82) is 0 Å². The Morgan fingerprint density at radius 2 is 1.84 bits per heavy atom. The van der Waals surface area contributed by atoms with Gasteiger partial charge in [-0.05, 0) is 36.6 Å². The van der Waals surface area contributed by atoms with Gasteiger partial charge in [-0.15, -0.1) is 6.58 Å². The fraction of sp³-hybridized carbons (Fsp3) is 0.286. The lowest BCUT2D eigenvalue weighted by Crippen LogP contribution is -2.13. The molecule has 0 amide bonds. The van der Waals surface area contributed by atoms with E-state index in [4.69, 9.17) is 4.74 Å². The third-order valence-corrected chi connectivity index (χ3v) is 4.65. The molecule has 25 heavy (non-hydrogen) atoms. The molecule has 2 aromatic carbocycles. The summed E-state index contributed by atoms with van der Waals surface area (Å²) in [7, 11) is 0. The second-order valence-electron chi connectivity index (χ2n) is 6.08. The molecule has 0 saturated heterocycles. The van der Waals surface area contributed by atoms with Crippen LogP contribution in [0.5, 0.6) is 0 Å². The Balaban J connectivity index is 1.82. The van der Waals surface area contributed by atoms with E-state index in [2.05, 4.69) is 22.5 Å². The number of hydrogen-bond donors (Lipinski definition) is 1. The summed E-state index contributed by atoms with van der Waals surface area (Å²) >= 11 is 3.38. The first-order chi connectivity index (χ1) is 12.0. The molecule has 0 spiro atoms. The molecule has 0 bridgehead atoms. The van der Waals surface area contributed by atoms with Crippen LogP contribution in [0.2, 0.25) is 0 Å². The molecular weight excluding hydrogens is 380 g/mol. The number of carbonyl (C=O) groups is 1. The van der Waals surface area contributed by atoms with Gasteiger partial charge < -0.3 is 9.84 Å². The zero-order valence-corrected chi connectivity index (χ0v) is 15.9. The molecule has 0 saturated carbocycles. The largest absolute Gasteiger partial charge is 0.461 e. The predicted molar refractivity (Wildman–Crippen MR) is 103 cm³/mol. The molecule has 4 heteroatoms. The van der Waals surface area contributed by atoms with Gasteiger partial charge in [0.05, 0.1) is 6.10 Å². The number of aryl methyl sites for hydroxylation is 1. The standard InChI is InChI=1S/C21H23BrO3/c1-3-17(21(24)18-8-11-19(22)12-9-18)10-13-20(23)25-14-16-6-4-15(2)5-7-16/h3-9,11-12,17,21,24H,1,10,13-14H2,2H3/t17-,21+/m0/s1. The van der Waals surface area contributed by atoms with Crippen molar-refractivity contribution in [3.8, 4) is 0 Å². The number of hydrogen-bond acceptors (Lipinski definition) is 3. The van der Waals surface area contributed by atoms with Crippen LogP contribution in [0.3, 0.4) is 0 Å². The molecule has 0 fully saturated rings. The van der Waals surface area contributed by atoms with E-state index in [0.29, 0.717) is 6.42 Å². The normalized spacial score (nSPS) is 13.1. The highest BCUT2D eigenvalue weighted by Gasteiger charge is 2.19. The SMILES string of the molecule is C=C[C@@H](CCC(=O)OCc1ccc(C)cc1)[C@@H](O)c1ccc(Br)cc1. The van der Waals surface area contributed by atoms with Crippen molar-refractivity contribution in [2.45, 2.75) is 32.5 Å². The first-order valence-electron chi connectivity index (χ1n) is 8.27. The lowest BCUT2D eigenvalue weighted by molar-refractivity contribution is -0.145. The molecule has 0 unspecified atom stereocenters. The van der Waals surface area contributed by atoms with Gasteiger partial charge in [-0.2, -0.15) is 0 Å². The van der Waals surface area contributed by atoms with Crippen molar-refractivity contribution in [3.63, 3.8) is 0 Å². The van der Waals surface area contributed by atoms with E-state index in [-0.39, 0.29) is 24.9 Å². The van der Waals surface area contributed by atoms with Gasteiger partial charge in [0.1, 0.15) is 6.61 Å². The monoisotopic (exact) mass is 402 g/mol. The molecule has 0 heterocycles. The van der Waals surface area contributed by atoms with E-state index >= 15 is 0 Å². The Hall–Kier alpha value is -1.91. The average molecular weight is 403 g/mol. The van der Waals surface area contributed by atoms with E-state index in [1.54, 1.807) is 6.08 Å². The molecule has 132 valence electrons. The number of aliphatic hydroxyl groups excluding tert-OH is 1. The molecule has 0 radical (unpaired) electrons. The molecule has 2 rings (SSSR count). The lowest BCUT2D eigenvalue weighted by Gasteiger charge is -2.19. The number of aliphatic hydroxyl groups is 1. The molecule has 3 nitrogen and oxygen atoms in total. The fourth-order valence-electron chi connectivity index (χ4n) is 2.52. The molecule has 2 atom stereocenters. The van der Waals surface area contributed by atoms with Crippen molar-refractivity contribution in [2.75, 3.05) is 0 Å². The number of benzene rings is 2. The summed E-state index contributed by atoms with van der Waals surface area (Å²) in [5.41, 5.74) is 2.95. The van der Waals surface area contributed by atoms with Crippen LogP contribution in [0.4, 0.5) is 0 Å². The first kappa shape index (κ1) is 19.4. The fourth-order valence-corrected chi connectivity index (χ4v) is 2.78. The molecule has 0 aliphatic rings. The Morgan fingerprint density at radius 1 is 1.20 bits per heavy atom. The molecule has 1 N–H and O–H groups in total. The maximum absolute atomic E-state index is 12.0. The van der Waals surface area contributed by atoms with Crippen LogP contribution in [0.1, 0.15) is 35.6 Å². The third kappa shape index (κ3) is 6.15. The van der Waals surface area contributed by atoms with Crippen LogP contribution in [0.25, 0.3) is 0 Å². The van der Waals surface area contributed by atoms with Gasteiger partial charge in [0.15, 0.2) is 0 Å². The molecular formula is C21H23BrO3. The highest BCUT2D eigenvalue weighted by atomic mass is 79.9. The van der Waals surface area contributed by atoms with Gasteiger partial charge in [0.2, 0.25) is 0 Å². The second-order valence-corrected chi connectivity index (χ2v) is 7.00. The molecule has 0 aliphatic heterocycles. The Labute approximate surface area is 157 Å². The van der Waals surface area contributed by atoms with E-state index < -0.39 is 6.10 Å². The van der Waals surface area contributed by atoms with Crippen LogP contribution >= 0.6 is 15.9 Å². The average Bonchev–Trinajstić information content (AvgIpc) is 2.62. The minimum Gasteiger partial charge on any atom is -0.461 e. The second kappa shape index (κ2) is 9.54. The van der Waals surface area contributed by atoms with Crippen LogP contribution in [0, 0.1) is 12.8 Å². The number of rotatable bonds is 8. The summed E-state index contributed by atoms with van der Waals surface area (Å²) in [6.07, 6.45) is 1.75. The molecule has 0 aliphatic carbocycles. The molecule has 2 aromatic rings. The van der Waals surface area contributed by atoms with Crippen molar-refractivity contribution >= 4 is 21.9 Å². The van der Waals surface area contributed by atoms with Crippen molar-refractivity contribution in [3.05, 3.63) is 82.3 Å². The summed E-state index contributed by atoms with van der Waals surface area (Å²) in [6, 6.07) is 15.4. The quantitative estimate of drug-likeness (QED) is 0.492. The van der Waals surface area contributed by atoms with Gasteiger partial charge in [-0.1, -0.05) is 64.0 Å². The van der Waals surface area contributed by atoms with E-state index in [9.17, 15) is 9.90 Å². The Bertz CT molecular complexity index is 692. The topological polar surface area (TPSA) is 46.5 Å². The summed E-state index contributed by atoms with van der Waals surface area (Å²) in [5, 5.41) is 10.5. The summed E-state index contributed by atoms with van der Waals surface area (Å²) in [4.78, 5) is 12.0. The maximum Gasteiger partial charge on any atom is 0.306 e. The minimum absolute atomic E-state index is 0.201. The van der Waals surface area contributed by atoms with Gasteiger partial charge in [0, 0.05) is 16.8 Å². The number of carbonyl (C=O) groups excluding carboxylic acids is 1. The summed E-state index contributed by atoms with van der Waals surface area (Å²) in [5.74, 6) is -0.469. The van der Waals surface area contributed by atoms with Crippen LogP contribution in [-0.2, 0) is 16.1 Å². The van der Waals surface area contributed by atoms with Crippen LogP contribution in [0.15, 0.2) is 65.7 Å². The zero-order chi connectivity index (χ0) is 18.2. The van der Waals surface area contributed by atoms with Gasteiger partial charge in [-0.3, -0.25) is 4.79 Å². The van der Waals surface area contributed by atoms with Gasteiger partial charge >= 0.3 is 5.97 Å². The smallest absolute Gasteiger partial charge is 0.306 e. The Kier molecular flexibility index (Phi) is 7.41. The van der Waals surface area contributed by atoms with Crippen LogP contribution in [-0.4, -0.2) is 11.1 Å². The third-order valence-electron chi connectivity index (χ3n) is 4.12. The predicted octanol–water partition coefficient (Wildman–Crippen LogP) is 5.12. The molecule has 0 aromatic heterocycles. The van der Waals surface area contributed by atoms with Gasteiger partial charge in [0.25, 0.3) is 0 Å². The number of esters is 1. The first-order valence-corrected chi connectivity index (χ1v) is 9.06. The van der Waals surface area contributed by atoms with Gasteiger partial charge in [-0.25, -0.2) is 0 Å². The van der Waals surface area contributed by atoms with Crippen LogP contribution < -0.4 is 0 Å². The van der Waals surface area contributed by atoms with E-state index in [0.717, 1.165) is 15.6 Å². The van der Waals surface area contributed by atoms with E-state index in [1.807, 2.05) is 55.5 Å². The number of ether oxygens (including phenoxy) is 1. The van der Waals surface area contributed by atoms with E-state index in [1.165, 1.54) is 5.56 Å². The van der Waals surface area contributed by atoms with Crippen molar-refractivity contribution < 1.29 is 14.6 Å². The lowest BCUT2D eigenvalue weighted by atomic mass is 9.92. The maximum atomic E-state index is 12.0. The summed E-state index contributed by atoms with van der Waals surface area (Å²) < 4.78 is 6.26. The summed E-state index contributed by atoms with van der Waals surface area (Å²) in [6.45, 7) is 6.07. The highest BCUT2D eigenvalue weighted by molar-refractivity contribution is 9.10. The number of halogens is 1. The highest BCUT2D eigenvalue weighted by Crippen LogP contribution is 2.27. The zero-order valence-electron chi connectivity index (χ0n) is 14.3. The van der Waals surface area contributed by atoms with Crippen molar-refractivity contribution in [2.24, 2.45) is 5.92 Å². The van der Waals surface area contributed by atoms with Crippen molar-refractivity contribution in [1.82, 2.24) is 0 Å². The minimum atomic E-state index is -0.685.